The summed E-state index contributed by atoms with van der Waals surface area (Å²) in [4.78, 5) is -0.323. The first-order valence-corrected chi connectivity index (χ1v) is 9.35. The summed E-state index contributed by atoms with van der Waals surface area (Å²) in [6.45, 7) is -0.676. The fourth-order valence-corrected chi connectivity index (χ4v) is 3.42. The molecule has 3 aromatic rings. The largest absolute Gasteiger partial charge is 0.435 e. The first-order chi connectivity index (χ1) is 13.0. The predicted molar refractivity (Wildman–Crippen MR) is 95.7 cm³/mol. The Labute approximate surface area is 158 Å². The van der Waals surface area contributed by atoms with Crippen molar-refractivity contribution in [3.8, 4) is 16.9 Å². The average Bonchev–Trinajstić information content (AvgIpc) is 3.06. The third-order valence-corrected chi connectivity index (χ3v) is 4.98. The molecule has 0 spiro atoms. The van der Waals surface area contributed by atoms with Crippen LogP contribution in [0.1, 0.15) is 11.3 Å². The zero-order chi connectivity index (χ0) is 20.7. The molecule has 0 amide bonds. The van der Waals surface area contributed by atoms with Crippen molar-refractivity contribution in [1.29, 1.82) is 0 Å². The van der Waals surface area contributed by atoms with E-state index in [0.717, 1.165) is 16.8 Å². The lowest BCUT2D eigenvalue weighted by Crippen LogP contribution is -2.15. The molecule has 5 N–H and O–H groups in total. The van der Waals surface area contributed by atoms with Crippen LogP contribution in [0.4, 0.5) is 18.9 Å². The Balaban J connectivity index is 2.23. The number of nitrogens with two attached hydrogens (primary N) is 2. The number of nitrogens with zero attached hydrogens (tertiary/aromatic N) is 2. The Morgan fingerprint density at radius 2 is 1.71 bits per heavy atom. The van der Waals surface area contributed by atoms with Crippen LogP contribution in [0.25, 0.3) is 16.9 Å². The fraction of sp³-hybridized carbons (Fsp3) is 0.118. The Morgan fingerprint density at radius 3 is 2.25 bits per heavy atom. The van der Waals surface area contributed by atoms with Gasteiger partial charge in [-0.25, -0.2) is 18.2 Å². The highest BCUT2D eigenvalue weighted by atomic mass is 32.2. The minimum absolute atomic E-state index is 0.0627. The van der Waals surface area contributed by atoms with E-state index in [2.05, 4.69) is 5.10 Å². The Hall–Kier alpha value is -2.89. The van der Waals surface area contributed by atoms with Gasteiger partial charge in [-0.15, -0.1) is 0 Å². The topological polar surface area (TPSA) is 124 Å². The van der Waals surface area contributed by atoms with Gasteiger partial charge in [0.05, 0.1) is 22.9 Å². The summed E-state index contributed by atoms with van der Waals surface area (Å²) in [6, 6.07) is 10.6. The molecular weight excluding hydrogens is 397 g/mol. The molecular formula is C17H15F3N4O3S. The highest BCUT2D eigenvalue weighted by Gasteiger charge is 2.35. The van der Waals surface area contributed by atoms with E-state index in [1.165, 1.54) is 36.4 Å². The number of hydrogen-bond donors (Lipinski definition) is 3. The molecule has 0 saturated heterocycles. The molecule has 2 aromatic carbocycles. The average molecular weight is 412 g/mol. The molecule has 0 aliphatic rings. The Bertz CT molecular complexity index is 1120. The van der Waals surface area contributed by atoms with Crippen molar-refractivity contribution in [2.75, 3.05) is 5.73 Å². The number of halogens is 3. The quantitative estimate of drug-likeness (QED) is 0.567. The molecule has 28 heavy (non-hydrogen) atoms. The lowest BCUT2D eigenvalue weighted by molar-refractivity contribution is -0.141. The number of nitrogen functional groups attached to an aromatic ring is 1. The van der Waals surface area contributed by atoms with Gasteiger partial charge in [-0.1, -0.05) is 12.1 Å². The summed E-state index contributed by atoms with van der Waals surface area (Å²) in [5, 5.41) is 18.2. The summed E-state index contributed by atoms with van der Waals surface area (Å²) >= 11 is 0. The second-order valence-electron chi connectivity index (χ2n) is 5.94. The molecule has 0 saturated carbocycles. The molecule has 148 valence electrons. The van der Waals surface area contributed by atoms with Gasteiger partial charge < -0.3 is 10.8 Å². The molecule has 0 fully saturated rings. The number of primary sulfonamides is 1. The van der Waals surface area contributed by atoms with Gasteiger partial charge in [-0.3, -0.25) is 0 Å². The second-order valence-corrected chi connectivity index (χ2v) is 7.47. The summed E-state index contributed by atoms with van der Waals surface area (Å²) in [5.41, 5.74) is 5.52. The van der Waals surface area contributed by atoms with Gasteiger partial charge in [-0.05, 0) is 42.0 Å². The zero-order valence-electron chi connectivity index (χ0n) is 14.2. The fourth-order valence-electron chi connectivity index (χ4n) is 2.67. The lowest BCUT2D eigenvalue weighted by atomic mass is 10.1. The van der Waals surface area contributed by atoms with Gasteiger partial charge in [-0.2, -0.15) is 18.3 Å². The predicted octanol–water partition coefficient (Wildman–Crippen LogP) is 2.28. The maximum atomic E-state index is 13.2. The van der Waals surface area contributed by atoms with Gasteiger partial charge in [0.1, 0.15) is 0 Å². The van der Waals surface area contributed by atoms with Crippen LogP contribution in [0, 0.1) is 0 Å². The molecule has 0 unspecified atom stereocenters. The van der Waals surface area contributed by atoms with Gasteiger partial charge in [0.2, 0.25) is 10.0 Å². The number of rotatable bonds is 4. The first-order valence-electron chi connectivity index (χ1n) is 7.81. The van der Waals surface area contributed by atoms with Gasteiger partial charge in [0, 0.05) is 11.3 Å². The number of aliphatic hydroxyl groups excluding tert-OH is 1. The van der Waals surface area contributed by atoms with E-state index < -0.39 is 28.5 Å². The summed E-state index contributed by atoms with van der Waals surface area (Å²) < 4.78 is 63.8. The highest BCUT2D eigenvalue weighted by Crippen LogP contribution is 2.34. The number of hydrogen-bond acceptors (Lipinski definition) is 5. The lowest BCUT2D eigenvalue weighted by Gasteiger charge is -2.11. The van der Waals surface area contributed by atoms with E-state index in [1.54, 1.807) is 0 Å². The molecule has 0 bridgehead atoms. The number of anilines is 1. The number of benzene rings is 2. The Kier molecular flexibility index (Phi) is 4.91. The van der Waals surface area contributed by atoms with Crippen LogP contribution in [0.2, 0.25) is 0 Å². The van der Waals surface area contributed by atoms with E-state index in [-0.39, 0.29) is 21.8 Å². The van der Waals surface area contributed by atoms with E-state index in [0.29, 0.717) is 11.3 Å². The molecule has 3 rings (SSSR count). The molecule has 1 aromatic heterocycles. The summed E-state index contributed by atoms with van der Waals surface area (Å²) in [6.07, 6.45) is -4.69. The second kappa shape index (κ2) is 6.93. The SMILES string of the molecule is Nc1ccc(-c2cc(C(F)(F)F)nn2-c2ccc(S(N)(=O)=O)c(CO)c2)cc1. The molecule has 0 atom stereocenters. The van der Waals surface area contributed by atoms with Crippen LogP contribution in [-0.4, -0.2) is 23.3 Å². The van der Waals surface area contributed by atoms with Crippen LogP contribution in [-0.2, 0) is 22.8 Å². The molecule has 1 heterocycles. The molecule has 0 aliphatic heterocycles. The third-order valence-electron chi connectivity index (χ3n) is 3.97. The molecule has 0 radical (unpaired) electrons. The number of alkyl halides is 3. The standard InChI is InChI=1S/C17H15F3N4O3S/c18-17(19,20)16-8-14(10-1-3-12(21)4-2-10)24(23-16)13-5-6-15(28(22,26)27)11(7-13)9-25/h1-8,25H,9,21H2,(H2,22,26,27). The molecule has 0 aliphatic carbocycles. The van der Waals surface area contributed by atoms with Crippen molar-refractivity contribution in [2.24, 2.45) is 5.14 Å². The van der Waals surface area contributed by atoms with Crippen LogP contribution >= 0.6 is 0 Å². The smallest absolute Gasteiger partial charge is 0.399 e. The van der Waals surface area contributed by atoms with E-state index >= 15 is 0 Å². The summed E-state index contributed by atoms with van der Waals surface area (Å²) in [7, 11) is -4.11. The van der Waals surface area contributed by atoms with Crippen molar-refractivity contribution < 1.29 is 26.7 Å². The van der Waals surface area contributed by atoms with Crippen molar-refractivity contribution in [3.63, 3.8) is 0 Å². The van der Waals surface area contributed by atoms with Crippen LogP contribution < -0.4 is 10.9 Å². The number of aliphatic hydroxyl groups is 1. The van der Waals surface area contributed by atoms with Crippen LogP contribution in [0.15, 0.2) is 53.4 Å². The Morgan fingerprint density at radius 1 is 1.07 bits per heavy atom. The number of aromatic nitrogens is 2. The van der Waals surface area contributed by atoms with E-state index in [1.807, 2.05) is 0 Å². The number of sulfonamides is 1. The normalized spacial score (nSPS) is 12.3. The van der Waals surface area contributed by atoms with E-state index in [9.17, 15) is 26.7 Å². The zero-order valence-corrected chi connectivity index (χ0v) is 15.0. The minimum atomic E-state index is -4.69. The third kappa shape index (κ3) is 3.86. The minimum Gasteiger partial charge on any atom is -0.399 e. The van der Waals surface area contributed by atoms with Gasteiger partial charge in [0.15, 0.2) is 5.69 Å². The van der Waals surface area contributed by atoms with Gasteiger partial charge >= 0.3 is 6.18 Å². The van der Waals surface area contributed by atoms with Crippen molar-refractivity contribution in [3.05, 3.63) is 59.8 Å². The van der Waals surface area contributed by atoms with Gasteiger partial charge in [0.25, 0.3) is 0 Å². The van der Waals surface area contributed by atoms with Crippen molar-refractivity contribution in [1.82, 2.24) is 9.78 Å². The monoisotopic (exact) mass is 412 g/mol. The van der Waals surface area contributed by atoms with Crippen molar-refractivity contribution in [2.45, 2.75) is 17.7 Å². The van der Waals surface area contributed by atoms with Crippen LogP contribution in [0.5, 0.6) is 0 Å². The maximum Gasteiger partial charge on any atom is 0.435 e. The summed E-state index contributed by atoms with van der Waals surface area (Å²) in [5.74, 6) is 0. The highest BCUT2D eigenvalue weighted by molar-refractivity contribution is 7.89. The first kappa shape index (κ1) is 19.9. The maximum absolute atomic E-state index is 13.2. The van der Waals surface area contributed by atoms with Crippen LogP contribution in [0.3, 0.4) is 0 Å². The molecule has 7 nitrogen and oxygen atoms in total. The van der Waals surface area contributed by atoms with Crippen molar-refractivity contribution >= 4 is 15.7 Å². The molecule has 11 heteroatoms. The van der Waals surface area contributed by atoms with E-state index in [4.69, 9.17) is 10.9 Å².